The number of fused-ring (bicyclic) bond motifs is 10. The van der Waals surface area contributed by atoms with Gasteiger partial charge in [-0.2, -0.15) is 0 Å². The summed E-state index contributed by atoms with van der Waals surface area (Å²) in [7, 11) is -3.22. The molecule has 2 heterocycles. The van der Waals surface area contributed by atoms with Gasteiger partial charge in [-0.15, -0.1) is 0 Å². The molecule has 0 saturated carbocycles. The second kappa shape index (κ2) is 12.5. The van der Waals surface area contributed by atoms with Crippen molar-refractivity contribution in [2.75, 3.05) is 0 Å². The molecule has 0 N–H and O–H groups in total. The molecule has 3 nitrogen and oxygen atoms in total. The van der Waals surface area contributed by atoms with Gasteiger partial charge in [0.2, 0.25) is 0 Å². The van der Waals surface area contributed by atoms with Gasteiger partial charge in [0.15, 0.2) is 7.14 Å². The lowest BCUT2D eigenvalue weighted by Gasteiger charge is -2.25. The number of rotatable bonds is 6. The minimum absolute atomic E-state index is 0.758. The first kappa shape index (κ1) is 32.1. The van der Waals surface area contributed by atoms with Crippen molar-refractivity contribution in [3.63, 3.8) is 0 Å². The van der Waals surface area contributed by atoms with Crippen LogP contribution < -0.4 is 31.8 Å². The quantitative estimate of drug-likeness (QED) is 0.126. The Morgan fingerprint density at radius 1 is 0.434 bits per heavy atom. The van der Waals surface area contributed by atoms with Crippen LogP contribution in [0.3, 0.4) is 0 Å². The van der Waals surface area contributed by atoms with Gasteiger partial charge < -0.3 is 4.57 Å². The Hall–Kier alpha value is -5.63. The molecule has 0 aliphatic rings. The molecule has 6 heteroatoms. The van der Waals surface area contributed by atoms with Crippen molar-refractivity contribution in [2.24, 2.45) is 0 Å². The Bertz CT molecular complexity index is 3020. The third-order valence-corrected chi connectivity index (χ3v) is 18.5. The van der Waals surface area contributed by atoms with Gasteiger partial charge in [0, 0.05) is 32.7 Å². The molecule has 10 aromatic rings. The van der Waals surface area contributed by atoms with Crippen molar-refractivity contribution in [2.45, 2.75) is 0 Å². The van der Waals surface area contributed by atoms with Crippen molar-refractivity contribution >= 4 is 106 Å². The molecule has 0 bridgehead atoms. The second-order valence-corrected chi connectivity index (χ2v) is 20.6. The molecule has 8 aromatic carbocycles. The normalized spacial score (nSPS) is 12.3. The van der Waals surface area contributed by atoms with Crippen LogP contribution in [-0.2, 0) is 16.4 Å². The fraction of sp³-hybridized carbons (Fsp3) is 0. The van der Waals surface area contributed by atoms with Gasteiger partial charge in [0.05, 0.1) is 16.6 Å². The number of hydrogen-bond acceptors (Lipinski definition) is 3. The summed E-state index contributed by atoms with van der Waals surface area (Å²) in [6, 6.07) is 64.3. The van der Waals surface area contributed by atoms with E-state index in [0.717, 1.165) is 81.0 Å². The Morgan fingerprint density at radius 3 is 1.58 bits per heavy atom. The van der Waals surface area contributed by atoms with E-state index in [1.54, 1.807) is 0 Å². The minimum atomic E-state index is -3.22. The fourth-order valence-electron chi connectivity index (χ4n) is 7.99. The van der Waals surface area contributed by atoms with Crippen molar-refractivity contribution in [3.8, 4) is 0 Å². The van der Waals surface area contributed by atoms with Crippen LogP contribution in [0.15, 0.2) is 194 Å². The number of hydrogen-bond donors (Lipinski definition) is 0. The summed E-state index contributed by atoms with van der Waals surface area (Å²) < 4.78 is 17.8. The zero-order chi connectivity index (χ0) is 35.6. The van der Waals surface area contributed by atoms with E-state index in [0.29, 0.717) is 0 Å². The zero-order valence-corrected chi connectivity index (χ0v) is 31.2. The predicted octanol–water partition coefficient (Wildman–Crippen LogP) is 9.34. The first-order valence-electron chi connectivity index (χ1n) is 17.7. The van der Waals surface area contributed by atoms with Crippen LogP contribution in [-0.4, -0.2) is 9.38 Å². The summed E-state index contributed by atoms with van der Waals surface area (Å²) in [6.07, 6.45) is 0. The van der Waals surface area contributed by atoms with Gasteiger partial charge in [-0.3, -0.25) is 4.40 Å². The van der Waals surface area contributed by atoms with E-state index in [1.165, 1.54) is 0 Å². The second-order valence-electron chi connectivity index (χ2n) is 13.4. The summed E-state index contributed by atoms with van der Waals surface area (Å²) in [6.45, 7) is 0. The first-order chi connectivity index (χ1) is 26.0. The largest absolute Gasteiger partial charge is 0.309 e. The van der Waals surface area contributed by atoms with E-state index < -0.39 is 13.2 Å². The van der Waals surface area contributed by atoms with E-state index in [-0.39, 0.29) is 0 Å². The maximum atomic E-state index is 15.5. The fourth-order valence-corrected chi connectivity index (χ4v) is 14.4. The molecule has 0 fully saturated rings. The van der Waals surface area contributed by atoms with Crippen LogP contribution in [0.1, 0.15) is 0 Å². The van der Waals surface area contributed by atoms with Gasteiger partial charge in [0.25, 0.3) is 0 Å². The molecule has 2 aromatic heterocycles. The highest BCUT2D eigenvalue weighted by molar-refractivity contribution is 8.25. The summed E-state index contributed by atoms with van der Waals surface area (Å²) in [5.74, 6) is 0. The van der Waals surface area contributed by atoms with Gasteiger partial charge in [0.1, 0.15) is 5.65 Å². The Labute approximate surface area is 312 Å². The van der Waals surface area contributed by atoms with Gasteiger partial charge >= 0.3 is 0 Å². The first-order valence-corrected chi connectivity index (χ1v) is 22.2. The highest BCUT2D eigenvalue weighted by atomic mass is 32.4. The summed E-state index contributed by atoms with van der Waals surface area (Å²) in [4.78, 5) is 5.44. The highest BCUT2D eigenvalue weighted by Gasteiger charge is 2.31. The predicted molar refractivity (Wildman–Crippen MR) is 231 cm³/mol. The minimum Gasteiger partial charge on any atom is -0.309 e. The lowest BCUT2D eigenvalue weighted by molar-refractivity contribution is 0.592. The Morgan fingerprint density at radius 2 is 0.962 bits per heavy atom. The SMILES string of the molecule is O=P(c1ccccc1)(c1ccccc1)c1ccc2c(c1)nc1c3c4ccccc4ccc3c3ccc(P(=S)(c4ccccc4)c4ccccc4)cc3n21. The third kappa shape index (κ3) is 4.91. The average Bonchev–Trinajstić information content (AvgIpc) is 3.63. The van der Waals surface area contributed by atoms with Crippen molar-refractivity contribution < 1.29 is 4.57 Å². The van der Waals surface area contributed by atoms with E-state index in [9.17, 15) is 0 Å². The van der Waals surface area contributed by atoms with Crippen LogP contribution in [0.2, 0.25) is 0 Å². The Kier molecular flexibility index (Phi) is 7.56. The molecule has 0 aliphatic heterocycles. The lowest BCUT2D eigenvalue weighted by atomic mass is 9.99. The molecular weight excluding hydrogens is 703 g/mol. The van der Waals surface area contributed by atoms with Gasteiger partial charge in [-0.25, -0.2) is 4.98 Å². The summed E-state index contributed by atoms with van der Waals surface area (Å²) in [5.41, 5.74) is 3.68. The third-order valence-electron chi connectivity index (χ3n) is 10.5. The maximum absolute atomic E-state index is 15.5. The Balaban J connectivity index is 1.32. The van der Waals surface area contributed by atoms with Crippen LogP contribution >= 0.6 is 13.2 Å². The van der Waals surface area contributed by atoms with Crippen molar-refractivity contribution in [3.05, 3.63) is 194 Å². The molecule has 0 radical (unpaired) electrons. The molecule has 0 unspecified atom stereocenters. The smallest absolute Gasteiger partial charge is 0.171 e. The topological polar surface area (TPSA) is 34.4 Å². The number of aromatic nitrogens is 2. The lowest BCUT2D eigenvalue weighted by Crippen LogP contribution is -2.25. The average molecular weight is 735 g/mol. The molecule has 0 atom stereocenters. The van der Waals surface area contributed by atoms with E-state index in [4.69, 9.17) is 16.8 Å². The zero-order valence-electron chi connectivity index (χ0n) is 28.6. The molecule has 0 spiro atoms. The highest BCUT2D eigenvalue weighted by Crippen LogP contribution is 2.46. The molecule has 0 saturated heterocycles. The molecule has 0 aliphatic carbocycles. The van der Waals surface area contributed by atoms with Crippen LogP contribution in [0, 0.1) is 0 Å². The van der Waals surface area contributed by atoms with Crippen LogP contribution in [0.5, 0.6) is 0 Å². The van der Waals surface area contributed by atoms with Crippen molar-refractivity contribution in [1.82, 2.24) is 9.38 Å². The molecular formula is C47H32N2OP2S. The summed E-state index contributed by atoms with van der Waals surface area (Å²) in [5, 5.41) is 11.5. The van der Waals surface area contributed by atoms with Crippen LogP contribution in [0.4, 0.5) is 0 Å². The van der Waals surface area contributed by atoms with Gasteiger partial charge in [-0.05, 0) is 56.3 Å². The van der Waals surface area contributed by atoms with E-state index in [1.807, 2.05) is 72.8 Å². The molecule has 0 amide bonds. The standard InChI is InChI=1S/C47H32N2OP2S/c50-51(34-16-5-1-6-17-34,35-18-7-2-8-19-35)38-27-30-44-43(31-38)48-47-46-40-24-14-13-15-33(40)25-28-42(46)41-29-26-39(32-45(41)49(44)47)52(53,36-20-9-3-10-21-36)37-22-11-4-12-23-37/h1-32H. The maximum Gasteiger partial charge on any atom is 0.171 e. The summed E-state index contributed by atoms with van der Waals surface area (Å²) >= 11 is 6.83. The number of benzene rings is 8. The van der Waals surface area contributed by atoms with E-state index >= 15 is 4.57 Å². The van der Waals surface area contributed by atoms with Crippen LogP contribution in [0.25, 0.3) is 49.1 Å². The monoisotopic (exact) mass is 734 g/mol. The van der Waals surface area contributed by atoms with Crippen molar-refractivity contribution in [1.29, 1.82) is 0 Å². The number of nitrogens with zero attached hydrogens (tertiary/aromatic N) is 2. The molecule has 10 rings (SSSR count). The molecule has 53 heavy (non-hydrogen) atoms. The van der Waals surface area contributed by atoms with Gasteiger partial charge in [-0.1, -0.05) is 182 Å². The number of imidazole rings is 1. The van der Waals surface area contributed by atoms with E-state index in [2.05, 4.69) is 126 Å². The number of pyridine rings is 1. The molecule has 252 valence electrons.